The Labute approximate surface area is 173 Å². The van der Waals surface area contributed by atoms with Gasteiger partial charge in [0.15, 0.2) is 5.78 Å². The topological polar surface area (TPSA) is 49.9 Å². The van der Waals surface area contributed by atoms with Crippen LogP contribution in [0.1, 0.15) is 34.3 Å². The molecule has 0 aliphatic carbocycles. The number of rotatable bonds is 8. The molecular weight excluding hydrogens is 364 g/mol. The van der Waals surface area contributed by atoms with Gasteiger partial charge in [0, 0.05) is 51.1 Å². The van der Waals surface area contributed by atoms with Crippen molar-refractivity contribution in [2.75, 3.05) is 39.8 Å². The fourth-order valence-corrected chi connectivity index (χ4v) is 3.81. The SMILES string of the molecule is COc1ccccc1CCN1CCN(C(=O)CCC(=O)c2ccccc2C)CC1. The van der Waals surface area contributed by atoms with E-state index in [9.17, 15) is 9.59 Å². The van der Waals surface area contributed by atoms with Crippen LogP contribution in [0.3, 0.4) is 0 Å². The lowest BCUT2D eigenvalue weighted by atomic mass is 10.0. The summed E-state index contributed by atoms with van der Waals surface area (Å²) >= 11 is 0. The summed E-state index contributed by atoms with van der Waals surface area (Å²) in [6, 6.07) is 15.7. The Hall–Kier alpha value is -2.66. The van der Waals surface area contributed by atoms with Gasteiger partial charge in [-0.05, 0) is 30.5 Å². The maximum absolute atomic E-state index is 12.5. The molecule has 0 aromatic heterocycles. The summed E-state index contributed by atoms with van der Waals surface area (Å²) in [6.07, 6.45) is 1.50. The first-order chi connectivity index (χ1) is 14.1. The molecule has 2 aromatic carbocycles. The van der Waals surface area contributed by atoms with Gasteiger partial charge in [-0.3, -0.25) is 14.5 Å². The Balaban J connectivity index is 1.41. The van der Waals surface area contributed by atoms with Crippen molar-refractivity contribution in [3.63, 3.8) is 0 Å². The van der Waals surface area contributed by atoms with Gasteiger partial charge in [0.25, 0.3) is 0 Å². The van der Waals surface area contributed by atoms with Crippen molar-refractivity contribution in [2.24, 2.45) is 0 Å². The molecule has 0 bridgehead atoms. The van der Waals surface area contributed by atoms with Gasteiger partial charge in [-0.15, -0.1) is 0 Å². The maximum Gasteiger partial charge on any atom is 0.223 e. The zero-order valence-electron chi connectivity index (χ0n) is 17.4. The van der Waals surface area contributed by atoms with E-state index in [4.69, 9.17) is 4.74 Å². The van der Waals surface area contributed by atoms with Gasteiger partial charge in [-0.25, -0.2) is 0 Å². The van der Waals surface area contributed by atoms with Crippen LogP contribution in [0.25, 0.3) is 0 Å². The van der Waals surface area contributed by atoms with Crippen LogP contribution in [0.4, 0.5) is 0 Å². The van der Waals surface area contributed by atoms with Crippen molar-refractivity contribution in [3.8, 4) is 5.75 Å². The zero-order valence-corrected chi connectivity index (χ0v) is 17.4. The summed E-state index contributed by atoms with van der Waals surface area (Å²) < 4.78 is 5.42. The molecule has 0 radical (unpaired) electrons. The van der Waals surface area contributed by atoms with E-state index < -0.39 is 0 Å². The lowest BCUT2D eigenvalue weighted by Gasteiger charge is -2.34. The molecule has 5 heteroatoms. The average molecular weight is 395 g/mol. The van der Waals surface area contributed by atoms with Crippen LogP contribution < -0.4 is 4.74 Å². The molecule has 0 unspecified atom stereocenters. The molecule has 0 N–H and O–H groups in total. The number of amides is 1. The van der Waals surface area contributed by atoms with Crippen LogP contribution in [0.5, 0.6) is 5.75 Å². The van der Waals surface area contributed by atoms with Crippen LogP contribution in [0.2, 0.25) is 0 Å². The van der Waals surface area contributed by atoms with Gasteiger partial charge in [-0.1, -0.05) is 42.5 Å². The number of nitrogens with zero attached hydrogens (tertiary/aromatic N) is 2. The molecular formula is C24H30N2O3. The number of para-hydroxylation sites is 1. The first-order valence-electron chi connectivity index (χ1n) is 10.3. The number of carbonyl (C=O) groups is 2. The molecule has 1 amide bonds. The fourth-order valence-electron chi connectivity index (χ4n) is 3.81. The molecule has 1 fully saturated rings. The standard InChI is InChI=1S/C24H30N2O3/c1-19-7-3-5-9-21(19)22(27)11-12-24(28)26-17-15-25(16-18-26)14-13-20-8-4-6-10-23(20)29-2/h3-10H,11-18H2,1-2H3. The molecule has 0 saturated carbocycles. The number of carbonyl (C=O) groups excluding carboxylic acids is 2. The van der Waals surface area contributed by atoms with Crippen LogP contribution in [-0.4, -0.2) is 61.3 Å². The number of hydrogen-bond acceptors (Lipinski definition) is 4. The van der Waals surface area contributed by atoms with E-state index in [-0.39, 0.29) is 24.5 Å². The van der Waals surface area contributed by atoms with Gasteiger partial charge < -0.3 is 9.64 Å². The Bertz CT molecular complexity index is 842. The Morgan fingerprint density at radius 1 is 0.931 bits per heavy atom. The highest BCUT2D eigenvalue weighted by Crippen LogP contribution is 2.18. The second-order valence-corrected chi connectivity index (χ2v) is 7.52. The maximum atomic E-state index is 12.5. The summed E-state index contributed by atoms with van der Waals surface area (Å²) in [7, 11) is 1.70. The summed E-state index contributed by atoms with van der Waals surface area (Å²) in [4.78, 5) is 29.2. The highest BCUT2D eigenvalue weighted by Gasteiger charge is 2.22. The van der Waals surface area contributed by atoms with E-state index in [1.807, 2.05) is 54.3 Å². The Morgan fingerprint density at radius 2 is 1.62 bits per heavy atom. The first kappa shape index (κ1) is 21.1. The summed E-state index contributed by atoms with van der Waals surface area (Å²) in [6.45, 7) is 6.07. The third-order valence-electron chi connectivity index (χ3n) is 5.63. The smallest absolute Gasteiger partial charge is 0.223 e. The normalized spacial score (nSPS) is 14.6. The summed E-state index contributed by atoms with van der Waals surface area (Å²) in [5, 5.41) is 0. The van der Waals surface area contributed by atoms with E-state index in [1.165, 1.54) is 5.56 Å². The van der Waals surface area contributed by atoms with Gasteiger partial charge in [0.1, 0.15) is 5.75 Å². The molecule has 1 saturated heterocycles. The second-order valence-electron chi connectivity index (χ2n) is 7.52. The van der Waals surface area contributed by atoms with Crippen LogP contribution in [0, 0.1) is 6.92 Å². The number of benzene rings is 2. The number of Topliss-reactive ketones (excluding diaryl/α,β-unsaturated/α-hetero) is 1. The lowest BCUT2D eigenvalue weighted by Crippen LogP contribution is -2.49. The van der Waals surface area contributed by atoms with Crippen molar-refractivity contribution in [1.82, 2.24) is 9.80 Å². The van der Waals surface area contributed by atoms with Crippen LogP contribution >= 0.6 is 0 Å². The van der Waals surface area contributed by atoms with Crippen molar-refractivity contribution >= 4 is 11.7 Å². The fraction of sp³-hybridized carbons (Fsp3) is 0.417. The van der Waals surface area contributed by atoms with Gasteiger partial charge in [-0.2, -0.15) is 0 Å². The van der Waals surface area contributed by atoms with Crippen molar-refractivity contribution in [3.05, 3.63) is 65.2 Å². The Kier molecular flexibility index (Phi) is 7.42. The Morgan fingerprint density at radius 3 is 2.34 bits per heavy atom. The molecule has 154 valence electrons. The van der Waals surface area contributed by atoms with E-state index >= 15 is 0 Å². The minimum absolute atomic E-state index is 0.0481. The molecule has 1 aliphatic rings. The number of piperazine rings is 1. The lowest BCUT2D eigenvalue weighted by molar-refractivity contribution is -0.132. The van der Waals surface area contributed by atoms with Crippen LogP contribution in [-0.2, 0) is 11.2 Å². The van der Waals surface area contributed by atoms with Gasteiger partial charge in [0.2, 0.25) is 5.91 Å². The molecule has 1 aliphatic heterocycles. The highest BCUT2D eigenvalue weighted by atomic mass is 16.5. The first-order valence-corrected chi connectivity index (χ1v) is 10.3. The molecule has 3 rings (SSSR count). The van der Waals surface area contributed by atoms with Gasteiger partial charge in [0.05, 0.1) is 7.11 Å². The third kappa shape index (κ3) is 5.67. The molecule has 1 heterocycles. The summed E-state index contributed by atoms with van der Waals surface area (Å²) in [5.74, 6) is 1.06. The van der Waals surface area contributed by atoms with E-state index in [0.29, 0.717) is 0 Å². The van der Waals surface area contributed by atoms with Crippen molar-refractivity contribution in [1.29, 1.82) is 0 Å². The molecule has 29 heavy (non-hydrogen) atoms. The van der Waals surface area contributed by atoms with E-state index in [0.717, 1.165) is 56.0 Å². The minimum Gasteiger partial charge on any atom is -0.496 e. The van der Waals surface area contributed by atoms with E-state index in [1.54, 1.807) is 7.11 Å². The molecule has 0 atom stereocenters. The quantitative estimate of drug-likeness (QED) is 0.645. The largest absolute Gasteiger partial charge is 0.496 e. The van der Waals surface area contributed by atoms with Crippen molar-refractivity contribution in [2.45, 2.75) is 26.2 Å². The zero-order chi connectivity index (χ0) is 20.6. The average Bonchev–Trinajstić information content (AvgIpc) is 2.76. The predicted octanol–water partition coefficient (Wildman–Crippen LogP) is 3.35. The van der Waals surface area contributed by atoms with Crippen LogP contribution in [0.15, 0.2) is 48.5 Å². The molecule has 0 spiro atoms. The second kappa shape index (κ2) is 10.2. The van der Waals surface area contributed by atoms with E-state index in [2.05, 4.69) is 11.0 Å². The molecule has 2 aromatic rings. The summed E-state index contributed by atoms with van der Waals surface area (Å²) in [5.41, 5.74) is 2.90. The minimum atomic E-state index is 0.0481. The van der Waals surface area contributed by atoms with Gasteiger partial charge >= 0.3 is 0 Å². The van der Waals surface area contributed by atoms with Crippen molar-refractivity contribution < 1.29 is 14.3 Å². The highest BCUT2D eigenvalue weighted by molar-refractivity contribution is 5.99. The number of ketones is 1. The monoisotopic (exact) mass is 394 g/mol. The third-order valence-corrected chi connectivity index (χ3v) is 5.63. The number of methoxy groups -OCH3 is 1. The number of hydrogen-bond donors (Lipinski definition) is 0. The number of ether oxygens (including phenoxy) is 1. The predicted molar refractivity (Wildman–Crippen MR) is 114 cm³/mol. The molecule has 5 nitrogen and oxygen atoms in total. The number of aryl methyl sites for hydroxylation is 1.